The van der Waals surface area contributed by atoms with Crippen LogP contribution in [0.4, 0.5) is 11.4 Å². The van der Waals surface area contributed by atoms with Crippen molar-refractivity contribution < 1.29 is 19.2 Å². The van der Waals surface area contributed by atoms with Gasteiger partial charge >= 0.3 is 11.7 Å². The molecule has 26 heavy (non-hydrogen) atoms. The smallest absolute Gasteiger partial charge is 0.311 e. The number of carbonyl (C=O) groups excluding carboxylic acids is 2. The predicted molar refractivity (Wildman–Crippen MR) is 97.5 cm³/mol. The number of amides is 1. The molecule has 0 fully saturated rings. The summed E-state index contributed by atoms with van der Waals surface area (Å²) in [6, 6.07) is 11.1. The summed E-state index contributed by atoms with van der Waals surface area (Å²) in [5.41, 5.74) is 1.48. The standard InChI is InChI=1S/C19H20N2O5/c1-12(22)26-17-11-13(5-10-16(17)21(24)25)18(23)20-15-8-6-14(7-9-15)19(2,3)4/h5-11H,1-4H3,(H,20,23). The molecule has 0 saturated carbocycles. The first kappa shape index (κ1) is 19.1. The summed E-state index contributed by atoms with van der Waals surface area (Å²) in [4.78, 5) is 33.8. The molecule has 0 atom stereocenters. The summed E-state index contributed by atoms with van der Waals surface area (Å²) in [5, 5.41) is 13.7. The quantitative estimate of drug-likeness (QED) is 0.385. The fourth-order valence-corrected chi connectivity index (χ4v) is 2.30. The second-order valence-corrected chi connectivity index (χ2v) is 6.81. The minimum Gasteiger partial charge on any atom is -0.419 e. The van der Waals surface area contributed by atoms with E-state index in [9.17, 15) is 19.7 Å². The number of hydrogen-bond acceptors (Lipinski definition) is 5. The van der Waals surface area contributed by atoms with E-state index in [0.717, 1.165) is 18.6 Å². The number of hydrogen-bond donors (Lipinski definition) is 1. The van der Waals surface area contributed by atoms with Crippen molar-refractivity contribution in [1.29, 1.82) is 0 Å². The first-order valence-electron chi connectivity index (χ1n) is 7.96. The zero-order valence-corrected chi connectivity index (χ0v) is 15.0. The maximum atomic E-state index is 12.4. The Morgan fingerprint density at radius 2 is 1.69 bits per heavy atom. The van der Waals surface area contributed by atoms with Gasteiger partial charge in [0.1, 0.15) is 0 Å². The highest BCUT2D eigenvalue weighted by atomic mass is 16.6. The van der Waals surface area contributed by atoms with E-state index in [1.54, 1.807) is 12.1 Å². The fraction of sp³-hybridized carbons (Fsp3) is 0.263. The van der Waals surface area contributed by atoms with Crippen molar-refractivity contribution in [1.82, 2.24) is 0 Å². The second kappa shape index (κ2) is 7.35. The van der Waals surface area contributed by atoms with Crippen LogP contribution in [0.2, 0.25) is 0 Å². The topological polar surface area (TPSA) is 98.5 Å². The lowest BCUT2D eigenvalue weighted by Crippen LogP contribution is -2.14. The number of nitrogens with one attached hydrogen (secondary N) is 1. The second-order valence-electron chi connectivity index (χ2n) is 6.81. The van der Waals surface area contributed by atoms with Gasteiger partial charge in [0.15, 0.2) is 0 Å². The minimum absolute atomic E-state index is 0.000164. The van der Waals surface area contributed by atoms with E-state index in [2.05, 4.69) is 26.1 Å². The minimum atomic E-state index is -0.705. The highest BCUT2D eigenvalue weighted by Gasteiger charge is 2.20. The zero-order valence-electron chi connectivity index (χ0n) is 15.0. The van der Waals surface area contributed by atoms with Crippen molar-refractivity contribution in [3.8, 4) is 5.75 Å². The number of rotatable bonds is 4. The Hall–Kier alpha value is -3.22. The van der Waals surface area contributed by atoms with Gasteiger partial charge in [-0.25, -0.2) is 0 Å². The summed E-state index contributed by atoms with van der Waals surface area (Å²) < 4.78 is 4.84. The molecule has 0 aromatic heterocycles. The molecule has 2 aromatic carbocycles. The number of nitro groups is 1. The molecule has 136 valence electrons. The maximum Gasteiger partial charge on any atom is 0.311 e. The summed E-state index contributed by atoms with van der Waals surface area (Å²) in [5.74, 6) is -1.43. The molecular weight excluding hydrogens is 336 g/mol. The molecule has 0 aliphatic carbocycles. The summed E-state index contributed by atoms with van der Waals surface area (Å²) in [7, 11) is 0. The molecule has 7 nitrogen and oxygen atoms in total. The summed E-state index contributed by atoms with van der Waals surface area (Å²) in [6.45, 7) is 7.41. The molecule has 0 saturated heterocycles. The SMILES string of the molecule is CC(=O)Oc1cc(C(=O)Nc2ccc(C(C)(C)C)cc2)ccc1[N+](=O)[O-]. The third-order valence-corrected chi connectivity index (χ3v) is 3.68. The van der Waals surface area contributed by atoms with Gasteiger partial charge in [-0.05, 0) is 29.2 Å². The lowest BCUT2D eigenvalue weighted by molar-refractivity contribution is -0.385. The normalized spacial score (nSPS) is 10.9. The van der Waals surface area contributed by atoms with E-state index in [1.165, 1.54) is 12.1 Å². The number of anilines is 1. The summed E-state index contributed by atoms with van der Waals surface area (Å²) >= 11 is 0. The molecule has 0 spiro atoms. The maximum absolute atomic E-state index is 12.4. The molecule has 0 heterocycles. The van der Waals surface area contributed by atoms with Crippen LogP contribution in [-0.2, 0) is 10.2 Å². The van der Waals surface area contributed by atoms with E-state index in [-0.39, 0.29) is 22.4 Å². The van der Waals surface area contributed by atoms with Gasteiger partial charge in [-0.3, -0.25) is 19.7 Å². The average molecular weight is 356 g/mol. The van der Waals surface area contributed by atoms with Gasteiger partial charge < -0.3 is 10.1 Å². The number of ether oxygens (including phenoxy) is 1. The van der Waals surface area contributed by atoms with Gasteiger partial charge in [-0.15, -0.1) is 0 Å². The highest BCUT2D eigenvalue weighted by molar-refractivity contribution is 6.04. The first-order valence-corrected chi connectivity index (χ1v) is 7.96. The van der Waals surface area contributed by atoms with Crippen LogP contribution < -0.4 is 10.1 Å². The molecule has 2 rings (SSSR count). The van der Waals surface area contributed by atoms with Crippen LogP contribution >= 0.6 is 0 Å². The largest absolute Gasteiger partial charge is 0.419 e. The monoisotopic (exact) mass is 356 g/mol. The average Bonchev–Trinajstić information content (AvgIpc) is 2.53. The molecule has 0 radical (unpaired) electrons. The van der Waals surface area contributed by atoms with Crippen LogP contribution in [0.5, 0.6) is 5.75 Å². The Kier molecular flexibility index (Phi) is 5.40. The van der Waals surface area contributed by atoms with Gasteiger partial charge in [0, 0.05) is 30.3 Å². The van der Waals surface area contributed by atoms with Gasteiger partial charge in [-0.2, -0.15) is 0 Å². The zero-order chi connectivity index (χ0) is 19.5. The number of nitro benzene ring substituents is 1. The third kappa shape index (κ3) is 4.66. The highest BCUT2D eigenvalue weighted by Crippen LogP contribution is 2.29. The van der Waals surface area contributed by atoms with E-state index in [0.29, 0.717) is 5.69 Å². The molecule has 0 unspecified atom stereocenters. The van der Waals surface area contributed by atoms with Crippen LogP contribution in [-0.4, -0.2) is 16.8 Å². The van der Waals surface area contributed by atoms with Gasteiger partial charge in [0.25, 0.3) is 5.91 Å². The van der Waals surface area contributed by atoms with Crippen LogP contribution in [0.1, 0.15) is 43.6 Å². The Morgan fingerprint density at radius 3 is 2.19 bits per heavy atom. The number of nitrogens with zero attached hydrogens (tertiary/aromatic N) is 1. The molecule has 1 N–H and O–H groups in total. The molecule has 0 aliphatic rings. The fourth-order valence-electron chi connectivity index (χ4n) is 2.30. The molecule has 0 bridgehead atoms. The number of benzene rings is 2. The molecule has 2 aromatic rings. The predicted octanol–water partition coefficient (Wildman–Crippen LogP) is 4.07. The number of esters is 1. The van der Waals surface area contributed by atoms with Crippen LogP contribution in [0, 0.1) is 10.1 Å². The van der Waals surface area contributed by atoms with Crippen molar-refractivity contribution in [2.45, 2.75) is 33.1 Å². The Morgan fingerprint density at radius 1 is 1.08 bits per heavy atom. The Bertz CT molecular complexity index is 851. The van der Waals surface area contributed by atoms with Crippen LogP contribution in [0.25, 0.3) is 0 Å². The summed E-state index contributed by atoms with van der Waals surface area (Å²) in [6.07, 6.45) is 0. The van der Waals surface area contributed by atoms with Crippen molar-refractivity contribution >= 4 is 23.3 Å². The number of carbonyl (C=O) groups is 2. The lowest BCUT2D eigenvalue weighted by Gasteiger charge is -2.19. The third-order valence-electron chi connectivity index (χ3n) is 3.68. The molecule has 1 amide bonds. The van der Waals surface area contributed by atoms with Crippen LogP contribution in [0.3, 0.4) is 0 Å². The van der Waals surface area contributed by atoms with E-state index >= 15 is 0 Å². The van der Waals surface area contributed by atoms with Crippen molar-refractivity contribution in [2.24, 2.45) is 0 Å². The van der Waals surface area contributed by atoms with Crippen molar-refractivity contribution in [3.05, 3.63) is 63.7 Å². The molecule has 7 heteroatoms. The Balaban J connectivity index is 2.24. The van der Waals surface area contributed by atoms with Crippen molar-refractivity contribution in [2.75, 3.05) is 5.32 Å². The lowest BCUT2D eigenvalue weighted by atomic mass is 9.87. The molecule has 0 aliphatic heterocycles. The first-order chi connectivity index (χ1) is 12.1. The van der Waals surface area contributed by atoms with Gasteiger partial charge in [-0.1, -0.05) is 32.9 Å². The Labute approximate surface area is 151 Å². The van der Waals surface area contributed by atoms with E-state index < -0.39 is 16.8 Å². The van der Waals surface area contributed by atoms with E-state index in [4.69, 9.17) is 4.74 Å². The van der Waals surface area contributed by atoms with Gasteiger partial charge in [0.2, 0.25) is 5.75 Å². The van der Waals surface area contributed by atoms with Crippen LogP contribution in [0.15, 0.2) is 42.5 Å². The van der Waals surface area contributed by atoms with Gasteiger partial charge in [0.05, 0.1) is 4.92 Å². The molecular formula is C19H20N2O5. The van der Waals surface area contributed by atoms with Crippen molar-refractivity contribution in [3.63, 3.8) is 0 Å². The van der Waals surface area contributed by atoms with E-state index in [1.807, 2.05) is 12.1 Å².